The van der Waals surface area contributed by atoms with Crippen molar-refractivity contribution in [3.05, 3.63) is 28.3 Å². The molecule has 1 aromatic rings. The van der Waals surface area contributed by atoms with Crippen molar-refractivity contribution in [3.63, 3.8) is 0 Å². The predicted octanol–water partition coefficient (Wildman–Crippen LogP) is 1.49. The maximum Gasteiger partial charge on any atom is 0.271 e. The highest BCUT2D eigenvalue weighted by Crippen LogP contribution is 2.28. The molecule has 1 heterocycles. The van der Waals surface area contributed by atoms with Gasteiger partial charge in [-0.05, 0) is 12.5 Å². The number of nitro groups is 1. The van der Waals surface area contributed by atoms with Crippen LogP contribution in [0.5, 0.6) is 5.75 Å². The number of methoxy groups -OCH3 is 1. The van der Waals surface area contributed by atoms with E-state index >= 15 is 0 Å². The lowest BCUT2D eigenvalue weighted by atomic mass is 10.1. The van der Waals surface area contributed by atoms with Crippen molar-refractivity contribution in [1.82, 2.24) is 10.2 Å². The molecule has 1 unspecified atom stereocenters. The van der Waals surface area contributed by atoms with Crippen LogP contribution in [-0.2, 0) is 9.59 Å². The van der Waals surface area contributed by atoms with Crippen LogP contribution in [0.25, 0.3) is 0 Å². The third-order valence-corrected chi connectivity index (χ3v) is 3.98. The number of nitrogens with one attached hydrogen (secondary N) is 2. The van der Waals surface area contributed by atoms with Gasteiger partial charge in [0.1, 0.15) is 12.3 Å². The standard InChI is InChI=1S/C16H22N4O5/c1-3-4-11-7-16(22)19(10-17-11)9-15(21)18-13-8-12(20(23)24)5-6-14(13)25-2/h5-6,8,11,17H,3-4,7,9-10H2,1-2H3,(H,18,21). The molecule has 1 aliphatic rings. The van der Waals surface area contributed by atoms with Gasteiger partial charge in [-0.2, -0.15) is 0 Å². The Kier molecular flexibility index (Phi) is 6.29. The normalized spacial score (nSPS) is 17.3. The van der Waals surface area contributed by atoms with Crippen molar-refractivity contribution in [1.29, 1.82) is 0 Å². The monoisotopic (exact) mass is 350 g/mol. The molecule has 0 spiro atoms. The fraction of sp³-hybridized carbons (Fsp3) is 0.500. The largest absolute Gasteiger partial charge is 0.495 e. The molecule has 2 rings (SSSR count). The minimum absolute atomic E-state index is 0.0849. The number of anilines is 1. The van der Waals surface area contributed by atoms with E-state index in [9.17, 15) is 19.7 Å². The summed E-state index contributed by atoms with van der Waals surface area (Å²) in [5.74, 6) is -0.216. The molecule has 0 radical (unpaired) electrons. The van der Waals surface area contributed by atoms with E-state index in [1.54, 1.807) is 0 Å². The molecular weight excluding hydrogens is 328 g/mol. The lowest BCUT2D eigenvalue weighted by Crippen LogP contribution is -2.52. The molecule has 1 atom stereocenters. The summed E-state index contributed by atoms with van der Waals surface area (Å²) in [5.41, 5.74) is 0.0391. The van der Waals surface area contributed by atoms with E-state index in [0.29, 0.717) is 18.8 Å². The molecule has 0 saturated carbocycles. The molecular formula is C16H22N4O5. The Labute approximate surface area is 145 Å². The fourth-order valence-electron chi connectivity index (χ4n) is 2.71. The first-order valence-corrected chi connectivity index (χ1v) is 8.08. The molecule has 1 saturated heterocycles. The van der Waals surface area contributed by atoms with Crippen LogP contribution in [0, 0.1) is 10.1 Å². The average Bonchev–Trinajstić information content (AvgIpc) is 2.57. The summed E-state index contributed by atoms with van der Waals surface area (Å²) in [6.45, 7) is 2.23. The van der Waals surface area contributed by atoms with Gasteiger partial charge in [0, 0.05) is 24.6 Å². The van der Waals surface area contributed by atoms with Crippen LogP contribution < -0.4 is 15.4 Å². The number of hydrogen-bond donors (Lipinski definition) is 2. The summed E-state index contributed by atoms with van der Waals surface area (Å²) in [6.07, 6.45) is 2.26. The molecule has 9 nitrogen and oxygen atoms in total. The van der Waals surface area contributed by atoms with Crippen molar-refractivity contribution in [2.75, 3.05) is 25.6 Å². The Balaban J connectivity index is 1.99. The van der Waals surface area contributed by atoms with Gasteiger partial charge in [-0.1, -0.05) is 13.3 Å². The molecule has 136 valence electrons. The first kappa shape index (κ1) is 18.7. The highest BCUT2D eigenvalue weighted by Gasteiger charge is 2.26. The van der Waals surface area contributed by atoms with E-state index in [4.69, 9.17) is 4.74 Å². The minimum atomic E-state index is -0.555. The Morgan fingerprint density at radius 3 is 2.88 bits per heavy atom. The molecule has 0 aliphatic carbocycles. The van der Waals surface area contributed by atoms with Gasteiger partial charge in [0.05, 0.1) is 24.4 Å². The highest BCUT2D eigenvalue weighted by molar-refractivity contribution is 5.96. The van der Waals surface area contributed by atoms with Crippen molar-refractivity contribution in [3.8, 4) is 5.75 Å². The number of nitro benzene ring substituents is 1. The van der Waals surface area contributed by atoms with Crippen LogP contribution >= 0.6 is 0 Å². The third kappa shape index (κ3) is 4.90. The third-order valence-electron chi connectivity index (χ3n) is 3.98. The summed E-state index contributed by atoms with van der Waals surface area (Å²) < 4.78 is 5.10. The first-order valence-electron chi connectivity index (χ1n) is 8.08. The Bertz CT molecular complexity index is 664. The summed E-state index contributed by atoms with van der Waals surface area (Å²) in [4.78, 5) is 36.1. The number of ether oxygens (including phenoxy) is 1. The number of amides is 2. The zero-order valence-electron chi connectivity index (χ0n) is 14.3. The molecule has 0 aromatic heterocycles. The van der Waals surface area contributed by atoms with Crippen LogP contribution in [0.2, 0.25) is 0 Å². The van der Waals surface area contributed by atoms with Gasteiger partial charge in [0.15, 0.2) is 0 Å². The molecule has 1 aromatic carbocycles. The van der Waals surface area contributed by atoms with Crippen LogP contribution in [-0.4, -0.2) is 48.0 Å². The lowest BCUT2D eigenvalue weighted by Gasteiger charge is -2.32. The van der Waals surface area contributed by atoms with Crippen LogP contribution in [0.3, 0.4) is 0 Å². The number of rotatable bonds is 7. The molecule has 1 fully saturated rings. The second-order valence-electron chi connectivity index (χ2n) is 5.83. The van der Waals surface area contributed by atoms with Gasteiger partial charge in [-0.3, -0.25) is 25.0 Å². The maximum absolute atomic E-state index is 12.2. The Morgan fingerprint density at radius 2 is 2.28 bits per heavy atom. The van der Waals surface area contributed by atoms with Crippen molar-refractivity contribution < 1.29 is 19.2 Å². The molecule has 9 heteroatoms. The molecule has 25 heavy (non-hydrogen) atoms. The fourth-order valence-corrected chi connectivity index (χ4v) is 2.71. The molecule has 2 amide bonds. The predicted molar refractivity (Wildman–Crippen MR) is 91.3 cm³/mol. The number of non-ortho nitro benzene ring substituents is 1. The summed E-state index contributed by atoms with van der Waals surface area (Å²) in [6, 6.07) is 4.08. The topological polar surface area (TPSA) is 114 Å². The van der Waals surface area contributed by atoms with Crippen molar-refractivity contribution in [2.24, 2.45) is 0 Å². The average molecular weight is 350 g/mol. The van der Waals surface area contributed by atoms with Gasteiger partial charge in [-0.25, -0.2) is 0 Å². The lowest BCUT2D eigenvalue weighted by molar-refractivity contribution is -0.384. The highest BCUT2D eigenvalue weighted by atomic mass is 16.6. The van der Waals surface area contributed by atoms with Crippen LogP contribution in [0.15, 0.2) is 18.2 Å². The maximum atomic E-state index is 12.2. The number of nitrogens with zero attached hydrogens (tertiary/aromatic N) is 2. The van der Waals surface area contributed by atoms with Crippen LogP contribution in [0.1, 0.15) is 26.2 Å². The van der Waals surface area contributed by atoms with Crippen LogP contribution in [0.4, 0.5) is 11.4 Å². The Morgan fingerprint density at radius 1 is 1.52 bits per heavy atom. The number of carbonyl (C=O) groups excluding carboxylic acids is 2. The quantitative estimate of drug-likeness (QED) is 0.569. The van der Waals surface area contributed by atoms with E-state index in [1.807, 2.05) is 0 Å². The minimum Gasteiger partial charge on any atom is -0.495 e. The molecule has 2 N–H and O–H groups in total. The van der Waals surface area contributed by atoms with Crippen molar-refractivity contribution in [2.45, 2.75) is 32.2 Å². The SMILES string of the molecule is CCCC1CC(=O)N(CC(=O)Nc2cc([N+](=O)[O-])ccc2OC)CN1. The van der Waals surface area contributed by atoms with E-state index < -0.39 is 10.8 Å². The van der Waals surface area contributed by atoms with E-state index in [1.165, 1.54) is 30.2 Å². The van der Waals surface area contributed by atoms with E-state index in [-0.39, 0.29) is 29.9 Å². The second-order valence-corrected chi connectivity index (χ2v) is 5.83. The van der Waals surface area contributed by atoms with Gasteiger partial charge in [0.25, 0.3) is 5.69 Å². The zero-order valence-corrected chi connectivity index (χ0v) is 14.3. The van der Waals surface area contributed by atoms with Gasteiger partial charge >= 0.3 is 0 Å². The number of hydrogen-bond acceptors (Lipinski definition) is 6. The summed E-state index contributed by atoms with van der Waals surface area (Å²) >= 11 is 0. The number of carbonyl (C=O) groups is 2. The second kappa shape index (κ2) is 8.43. The van der Waals surface area contributed by atoms with Gasteiger partial charge in [0.2, 0.25) is 11.8 Å². The molecule has 1 aliphatic heterocycles. The van der Waals surface area contributed by atoms with E-state index in [2.05, 4.69) is 17.6 Å². The van der Waals surface area contributed by atoms with Gasteiger partial charge in [-0.15, -0.1) is 0 Å². The summed E-state index contributed by atoms with van der Waals surface area (Å²) in [7, 11) is 1.41. The van der Waals surface area contributed by atoms with Crippen molar-refractivity contribution >= 4 is 23.2 Å². The number of benzene rings is 1. The van der Waals surface area contributed by atoms with E-state index in [0.717, 1.165) is 12.8 Å². The first-order chi connectivity index (χ1) is 11.9. The zero-order chi connectivity index (χ0) is 18.4. The summed E-state index contributed by atoms with van der Waals surface area (Å²) in [5, 5.41) is 16.7. The Hall–Kier alpha value is -2.68. The smallest absolute Gasteiger partial charge is 0.271 e. The molecule has 0 bridgehead atoms. The van der Waals surface area contributed by atoms with Gasteiger partial charge < -0.3 is 15.0 Å².